The summed E-state index contributed by atoms with van der Waals surface area (Å²) in [4.78, 5) is 13.7. The van der Waals surface area contributed by atoms with Crippen LogP contribution in [-0.2, 0) is 13.8 Å². The van der Waals surface area contributed by atoms with Crippen LogP contribution in [0.4, 0.5) is 0 Å². The van der Waals surface area contributed by atoms with Crippen molar-refractivity contribution in [2.75, 3.05) is 19.7 Å². The summed E-state index contributed by atoms with van der Waals surface area (Å²) in [5.41, 5.74) is 0. The minimum Gasteiger partial charge on any atom is -0.484 e. The van der Waals surface area contributed by atoms with Crippen molar-refractivity contribution in [2.45, 2.75) is 24.2 Å². The van der Waals surface area contributed by atoms with Crippen molar-refractivity contribution in [2.24, 2.45) is 0 Å². The van der Waals surface area contributed by atoms with Gasteiger partial charge in [-0.05, 0) is 43.5 Å². The van der Waals surface area contributed by atoms with E-state index in [4.69, 9.17) is 15.4 Å². The summed E-state index contributed by atoms with van der Waals surface area (Å²) in [6.45, 7) is 1.53. The van der Waals surface area contributed by atoms with Crippen LogP contribution in [0.5, 0.6) is 5.75 Å². The molecule has 0 radical (unpaired) electrons. The lowest BCUT2D eigenvalue weighted by Crippen LogP contribution is -2.38. The van der Waals surface area contributed by atoms with Crippen molar-refractivity contribution in [1.82, 2.24) is 4.90 Å². The van der Waals surface area contributed by atoms with E-state index in [1.807, 2.05) is 0 Å². The Morgan fingerprint density at radius 3 is 2.30 bits per heavy atom. The minimum absolute atomic E-state index is 0.00822. The number of nitrogens with zero attached hydrogens (tertiary/aromatic N) is 1. The molecule has 1 aliphatic rings. The van der Waals surface area contributed by atoms with Crippen LogP contribution in [0.1, 0.15) is 19.3 Å². The molecule has 1 heterocycles. The van der Waals surface area contributed by atoms with E-state index >= 15 is 0 Å². The first-order valence-corrected chi connectivity index (χ1v) is 8.73. The van der Waals surface area contributed by atoms with Gasteiger partial charge < -0.3 is 9.64 Å². The van der Waals surface area contributed by atoms with Gasteiger partial charge in [-0.15, -0.1) is 0 Å². The molecule has 1 amide bonds. The number of piperidine rings is 1. The summed E-state index contributed by atoms with van der Waals surface area (Å²) >= 11 is 0. The molecule has 2 rings (SSSR count). The Morgan fingerprint density at radius 1 is 1.15 bits per heavy atom. The molecule has 1 saturated heterocycles. The van der Waals surface area contributed by atoms with E-state index in [-0.39, 0.29) is 17.4 Å². The summed E-state index contributed by atoms with van der Waals surface area (Å²) < 4.78 is 27.5. The third-order valence-corrected chi connectivity index (χ3v) is 4.55. The molecule has 1 aliphatic heterocycles. The summed E-state index contributed by atoms with van der Waals surface area (Å²) in [6, 6.07) is 5.67. The molecular formula is C13H16ClNO4S. The van der Waals surface area contributed by atoms with Crippen LogP contribution in [0.3, 0.4) is 0 Å². The van der Waals surface area contributed by atoms with Crippen molar-refractivity contribution < 1.29 is 17.9 Å². The molecule has 1 aromatic rings. The molecule has 1 aromatic carbocycles. The zero-order valence-electron chi connectivity index (χ0n) is 10.9. The number of carbonyl (C=O) groups excluding carboxylic acids is 1. The highest BCUT2D eigenvalue weighted by Gasteiger charge is 2.17. The van der Waals surface area contributed by atoms with Crippen LogP contribution in [-0.4, -0.2) is 38.9 Å². The predicted octanol–water partition coefficient (Wildman–Crippen LogP) is 2.01. The van der Waals surface area contributed by atoms with Crippen molar-refractivity contribution >= 4 is 25.6 Å². The SMILES string of the molecule is O=C(COc1ccc(S(=O)(=O)Cl)cc1)N1CCCCC1. The summed E-state index contributed by atoms with van der Waals surface area (Å²) in [5, 5.41) is 0. The fraction of sp³-hybridized carbons (Fsp3) is 0.462. The molecule has 0 aromatic heterocycles. The van der Waals surface area contributed by atoms with Gasteiger partial charge in [-0.25, -0.2) is 8.42 Å². The van der Waals surface area contributed by atoms with Crippen LogP contribution in [0, 0.1) is 0 Å². The molecule has 0 spiro atoms. The van der Waals surface area contributed by atoms with Crippen LogP contribution in [0.25, 0.3) is 0 Å². The Kier molecular flexibility index (Phi) is 4.88. The standard InChI is InChI=1S/C13H16ClNO4S/c14-20(17,18)12-6-4-11(5-7-12)19-10-13(16)15-8-2-1-3-9-15/h4-7H,1-3,8-10H2. The predicted molar refractivity (Wildman–Crippen MR) is 75.4 cm³/mol. The summed E-state index contributed by atoms with van der Waals surface area (Å²) in [7, 11) is 1.48. The molecule has 5 nitrogen and oxygen atoms in total. The molecule has 20 heavy (non-hydrogen) atoms. The van der Waals surface area contributed by atoms with Crippen molar-refractivity contribution in [3.05, 3.63) is 24.3 Å². The third-order valence-electron chi connectivity index (χ3n) is 3.18. The fourth-order valence-electron chi connectivity index (χ4n) is 2.08. The van der Waals surface area contributed by atoms with Crippen LogP contribution < -0.4 is 4.74 Å². The number of ether oxygens (including phenoxy) is 1. The molecule has 0 N–H and O–H groups in total. The van der Waals surface area contributed by atoms with E-state index in [0.29, 0.717) is 5.75 Å². The van der Waals surface area contributed by atoms with Crippen molar-refractivity contribution in [3.8, 4) is 5.75 Å². The monoisotopic (exact) mass is 317 g/mol. The maximum atomic E-state index is 11.9. The Balaban J connectivity index is 1.89. The van der Waals surface area contributed by atoms with Gasteiger partial charge in [-0.3, -0.25) is 4.79 Å². The van der Waals surface area contributed by atoms with Gasteiger partial charge in [0.1, 0.15) is 5.75 Å². The van der Waals surface area contributed by atoms with Crippen LogP contribution in [0.15, 0.2) is 29.2 Å². The molecular weight excluding hydrogens is 302 g/mol. The van der Waals surface area contributed by atoms with E-state index in [9.17, 15) is 13.2 Å². The number of carbonyl (C=O) groups is 1. The lowest BCUT2D eigenvalue weighted by molar-refractivity contribution is -0.134. The Morgan fingerprint density at radius 2 is 1.75 bits per heavy atom. The molecule has 0 bridgehead atoms. The largest absolute Gasteiger partial charge is 0.484 e. The third kappa shape index (κ3) is 4.11. The van der Waals surface area contributed by atoms with Gasteiger partial charge >= 0.3 is 0 Å². The number of halogens is 1. The molecule has 0 atom stereocenters. The quantitative estimate of drug-likeness (QED) is 0.797. The zero-order valence-corrected chi connectivity index (χ0v) is 12.5. The van der Waals surface area contributed by atoms with Gasteiger partial charge in [0.05, 0.1) is 4.90 Å². The van der Waals surface area contributed by atoms with Crippen LogP contribution >= 0.6 is 10.7 Å². The number of hydrogen-bond acceptors (Lipinski definition) is 4. The molecule has 0 aliphatic carbocycles. The van der Waals surface area contributed by atoms with E-state index in [1.54, 1.807) is 4.90 Å². The van der Waals surface area contributed by atoms with E-state index in [1.165, 1.54) is 30.7 Å². The lowest BCUT2D eigenvalue weighted by Gasteiger charge is -2.26. The average Bonchev–Trinajstić information content (AvgIpc) is 2.45. The zero-order chi connectivity index (χ0) is 14.6. The van der Waals surface area contributed by atoms with Gasteiger partial charge in [0.15, 0.2) is 6.61 Å². The minimum atomic E-state index is -3.73. The summed E-state index contributed by atoms with van der Waals surface area (Å²) in [5.74, 6) is 0.401. The Hall–Kier alpha value is -1.27. The molecule has 7 heteroatoms. The fourth-order valence-corrected chi connectivity index (χ4v) is 2.85. The number of rotatable bonds is 4. The van der Waals surface area contributed by atoms with Gasteiger partial charge in [0.25, 0.3) is 15.0 Å². The van der Waals surface area contributed by atoms with Gasteiger partial charge in [0.2, 0.25) is 0 Å². The van der Waals surface area contributed by atoms with Crippen molar-refractivity contribution in [1.29, 1.82) is 0 Å². The second-order valence-electron chi connectivity index (χ2n) is 4.64. The highest BCUT2D eigenvalue weighted by Crippen LogP contribution is 2.19. The summed E-state index contributed by atoms with van der Waals surface area (Å²) in [6.07, 6.45) is 3.24. The van der Waals surface area contributed by atoms with Gasteiger partial charge in [-0.2, -0.15) is 0 Å². The first-order chi connectivity index (χ1) is 9.47. The maximum Gasteiger partial charge on any atom is 0.261 e. The highest BCUT2D eigenvalue weighted by atomic mass is 35.7. The first-order valence-electron chi connectivity index (χ1n) is 6.42. The van der Waals surface area contributed by atoms with Gasteiger partial charge in [-0.1, -0.05) is 0 Å². The van der Waals surface area contributed by atoms with E-state index in [2.05, 4.69) is 0 Å². The number of amides is 1. The maximum absolute atomic E-state index is 11.9. The normalized spacial score (nSPS) is 15.9. The molecule has 0 unspecified atom stereocenters. The highest BCUT2D eigenvalue weighted by molar-refractivity contribution is 8.13. The number of hydrogen-bond donors (Lipinski definition) is 0. The molecule has 110 valence electrons. The average molecular weight is 318 g/mol. The van der Waals surface area contributed by atoms with E-state index in [0.717, 1.165) is 25.9 Å². The number of benzene rings is 1. The van der Waals surface area contributed by atoms with Crippen LogP contribution in [0.2, 0.25) is 0 Å². The van der Waals surface area contributed by atoms with E-state index < -0.39 is 9.05 Å². The second kappa shape index (κ2) is 6.45. The Labute approximate surface area is 122 Å². The topological polar surface area (TPSA) is 63.7 Å². The molecule has 1 fully saturated rings. The van der Waals surface area contributed by atoms with Crippen molar-refractivity contribution in [3.63, 3.8) is 0 Å². The lowest BCUT2D eigenvalue weighted by atomic mass is 10.1. The van der Waals surface area contributed by atoms with Gasteiger partial charge in [0, 0.05) is 23.8 Å². The second-order valence-corrected chi connectivity index (χ2v) is 7.21. The Bertz CT molecular complexity index is 565. The number of likely N-dealkylation sites (tertiary alicyclic amines) is 1. The first kappa shape index (κ1) is 15.1. The smallest absolute Gasteiger partial charge is 0.261 e. The molecule has 0 saturated carbocycles.